The number of amides is 1. The quantitative estimate of drug-likeness (QED) is 0.283. The Labute approximate surface area is 226 Å². The van der Waals surface area contributed by atoms with Gasteiger partial charge in [0.1, 0.15) is 22.8 Å². The smallest absolute Gasteiger partial charge is 0.255 e. The molecular weight excluding hydrogens is 506 g/mol. The third-order valence-electron chi connectivity index (χ3n) is 8.57. The van der Waals surface area contributed by atoms with Gasteiger partial charge in [-0.1, -0.05) is 32.9 Å². The molecule has 6 atom stereocenters. The van der Waals surface area contributed by atoms with Gasteiger partial charge in [-0.15, -0.1) is 0 Å². The summed E-state index contributed by atoms with van der Waals surface area (Å²) in [7, 11) is 6.72. The van der Waals surface area contributed by atoms with Crippen molar-refractivity contribution in [2.45, 2.75) is 49.9 Å². The Hall–Kier alpha value is -3.25. The Morgan fingerprint density at radius 2 is 1.69 bits per heavy atom. The molecule has 1 amide bonds. The molecule has 212 valence electrons. The van der Waals surface area contributed by atoms with Crippen molar-refractivity contribution in [3.8, 4) is 5.75 Å². The van der Waals surface area contributed by atoms with Gasteiger partial charge in [-0.25, -0.2) is 0 Å². The van der Waals surface area contributed by atoms with Gasteiger partial charge >= 0.3 is 0 Å². The average Bonchev–Trinajstić information content (AvgIpc) is 2.80. The van der Waals surface area contributed by atoms with Crippen molar-refractivity contribution in [1.29, 1.82) is 0 Å². The molecule has 11 nitrogen and oxygen atoms in total. The lowest BCUT2D eigenvalue weighted by Crippen LogP contribution is -2.70. The summed E-state index contributed by atoms with van der Waals surface area (Å²) < 4.78 is 0. The van der Waals surface area contributed by atoms with E-state index < -0.39 is 81.1 Å². The molecule has 0 spiro atoms. The van der Waals surface area contributed by atoms with Crippen LogP contribution in [0, 0.1) is 11.8 Å². The Balaban J connectivity index is 2.02. The second-order valence-corrected chi connectivity index (χ2v) is 12.1. The number of ketones is 2. The Morgan fingerprint density at radius 1 is 1.10 bits per heavy atom. The summed E-state index contributed by atoms with van der Waals surface area (Å²) in [6, 6.07) is 2.10. The van der Waals surface area contributed by atoms with Crippen LogP contribution in [0.2, 0.25) is 0 Å². The lowest BCUT2D eigenvalue weighted by Gasteiger charge is -2.53. The maximum Gasteiger partial charge on any atom is 0.255 e. The van der Waals surface area contributed by atoms with Gasteiger partial charge in [-0.3, -0.25) is 19.3 Å². The molecule has 0 aliphatic heterocycles. The zero-order chi connectivity index (χ0) is 29.5. The highest BCUT2D eigenvalue weighted by atomic mass is 16.4. The Bertz CT molecular complexity index is 1340. The lowest BCUT2D eigenvalue weighted by molar-refractivity contribution is -0.169. The zero-order valence-corrected chi connectivity index (χ0v) is 23.2. The first kappa shape index (κ1) is 28.8. The van der Waals surface area contributed by atoms with Crippen LogP contribution < -0.4 is 5.73 Å². The number of phenols is 1. The van der Waals surface area contributed by atoms with Crippen molar-refractivity contribution in [2.75, 3.05) is 34.7 Å². The van der Waals surface area contributed by atoms with Gasteiger partial charge in [0.15, 0.2) is 11.4 Å². The molecule has 11 heteroatoms. The molecule has 0 unspecified atom stereocenters. The summed E-state index contributed by atoms with van der Waals surface area (Å²) >= 11 is 0. The lowest BCUT2D eigenvalue weighted by atomic mass is 9.54. The van der Waals surface area contributed by atoms with Gasteiger partial charge in [0.05, 0.1) is 23.6 Å². The number of aromatic hydroxyl groups is 1. The number of aliphatic hydroxyl groups excluding tert-OH is 3. The van der Waals surface area contributed by atoms with E-state index in [0.29, 0.717) is 17.7 Å². The number of primary amides is 1. The van der Waals surface area contributed by atoms with E-state index in [1.165, 1.54) is 19.0 Å². The summed E-state index contributed by atoms with van der Waals surface area (Å²) in [6.07, 6.45) is -1.62. The highest BCUT2D eigenvalue weighted by Crippen LogP contribution is 2.56. The number of aliphatic hydroxyl groups is 4. The monoisotopic (exact) mass is 543 g/mol. The Kier molecular flexibility index (Phi) is 6.75. The van der Waals surface area contributed by atoms with E-state index in [9.17, 15) is 39.9 Å². The SMILES string of the molecule is C[C@H]1c2ccc(C(C)(C)CN(C)C)c(O)c2C(O)=C2C(=O)[C@]3(O)C(O)=C(C(N)=O)C(=O)[C@@H](N(C)C)[C@@H]3[C@@H](O)[C@@H]21. The van der Waals surface area contributed by atoms with Crippen LogP contribution in [-0.4, -0.2) is 105 Å². The number of benzene rings is 1. The predicted octanol–water partition coefficient (Wildman–Crippen LogP) is 0.335. The van der Waals surface area contributed by atoms with Crippen molar-refractivity contribution >= 4 is 23.2 Å². The molecule has 1 fully saturated rings. The number of carbonyl (C=O) groups is 3. The van der Waals surface area contributed by atoms with Gasteiger partial charge in [0.2, 0.25) is 5.78 Å². The van der Waals surface area contributed by atoms with Crippen molar-refractivity contribution in [2.24, 2.45) is 17.6 Å². The number of fused-ring (bicyclic) bond motifs is 3. The van der Waals surface area contributed by atoms with Crippen molar-refractivity contribution in [3.63, 3.8) is 0 Å². The summed E-state index contributed by atoms with van der Waals surface area (Å²) in [5.74, 6) is -8.90. The van der Waals surface area contributed by atoms with Crippen LogP contribution in [0.3, 0.4) is 0 Å². The number of hydrogen-bond donors (Lipinski definition) is 6. The molecule has 0 radical (unpaired) electrons. The molecule has 1 saturated carbocycles. The number of carbonyl (C=O) groups excluding carboxylic acids is 3. The van der Waals surface area contributed by atoms with E-state index in [1.807, 2.05) is 32.8 Å². The van der Waals surface area contributed by atoms with Gasteiger partial charge in [-0.05, 0) is 39.7 Å². The summed E-state index contributed by atoms with van der Waals surface area (Å²) in [5, 5.41) is 57.3. The average molecular weight is 544 g/mol. The first-order chi connectivity index (χ1) is 17.9. The van der Waals surface area contributed by atoms with Crippen molar-refractivity contribution in [3.05, 3.63) is 45.7 Å². The van der Waals surface area contributed by atoms with Gasteiger partial charge < -0.3 is 36.2 Å². The number of hydrogen-bond acceptors (Lipinski definition) is 10. The van der Waals surface area contributed by atoms with E-state index in [4.69, 9.17) is 5.73 Å². The third-order valence-corrected chi connectivity index (χ3v) is 8.57. The van der Waals surface area contributed by atoms with Gasteiger partial charge in [0.25, 0.3) is 5.91 Å². The highest BCUT2D eigenvalue weighted by molar-refractivity contribution is 6.24. The van der Waals surface area contributed by atoms with E-state index in [2.05, 4.69) is 0 Å². The molecule has 4 rings (SSSR count). The maximum absolute atomic E-state index is 14.1. The van der Waals surface area contributed by atoms with Crippen LogP contribution in [-0.2, 0) is 19.8 Å². The number of likely N-dealkylation sites (N-methyl/N-ethyl adjacent to an activating group) is 2. The minimum atomic E-state index is -2.93. The van der Waals surface area contributed by atoms with Gasteiger partial charge in [-0.2, -0.15) is 0 Å². The van der Waals surface area contributed by atoms with Crippen LogP contribution in [0.5, 0.6) is 5.75 Å². The van der Waals surface area contributed by atoms with Crippen LogP contribution in [0.15, 0.2) is 29.0 Å². The molecule has 1 aromatic carbocycles. The number of nitrogens with zero attached hydrogens (tertiary/aromatic N) is 2. The molecule has 3 aliphatic carbocycles. The van der Waals surface area contributed by atoms with E-state index >= 15 is 0 Å². The largest absolute Gasteiger partial charge is 0.508 e. The molecule has 3 aliphatic rings. The molecular formula is C28H37N3O8. The van der Waals surface area contributed by atoms with Crippen LogP contribution in [0.4, 0.5) is 0 Å². The van der Waals surface area contributed by atoms with Crippen LogP contribution >= 0.6 is 0 Å². The number of rotatable bonds is 5. The standard InChI is InChI=1S/C28H37N3O8/c1-11-12-8-9-13(27(2,3)10-30(4)5)20(32)15(12)21(33)16-14(11)22(34)18-19(31(6)7)23(35)17(26(29)38)25(37)28(18,39)24(16)36/h8-9,11,14,18-19,22,32-34,37,39H,10H2,1-7H3,(H2,29,38)/t11-,14+,18+,19-,22-,28-/m0/s1. The fourth-order valence-corrected chi connectivity index (χ4v) is 7.04. The summed E-state index contributed by atoms with van der Waals surface area (Å²) in [4.78, 5) is 42.7. The van der Waals surface area contributed by atoms with Crippen LogP contribution in [0.25, 0.3) is 5.76 Å². The molecule has 0 heterocycles. The highest BCUT2D eigenvalue weighted by Gasteiger charge is 2.68. The maximum atomic E-state index is 14.1. The second kappa shape index (κ2) is 9.16. The fourth-order valence-electron chi connectivity index (χ4n) is 7.04. The minimum Gasteiger partial charge on any atom is -0.508 e. The third kappa shape index (κ3) is 3.82. The molecule has 39 heavy (non-hydrogen) atoms. The predicted molar refractivity (Wildman–Crippen MR) is 142 cm³/mol. The fraction of sp³-hybridized carbons (Fsp3) is 0.536. The van der Waals surface area contributed by atoms with Crippen LogP contribution in [0.1, 0.15) is 43.4 Å². The number of Topliss-reactive ketones (excluding diaryl/α,β-unsaturated/α-hetero) is 2. The Morgan fingerprint density at radius 3 is 2.21 bits per heavy atom. The number of phenolic OH excluding ortho intramolecular Hbond substituents is 1. The van der Waals surface area contributed by atoms with E-state index in [-0.39, 0.29) is 11.3 Å². The first-order valence-electron chi connectivity index (χ1n) is 12.7. The van der Waals surface area contributed by atoms with E-state index in [1.54, 1.807) is 19.1 Å². The van der Waals surface area contributed by atoms with Crippen molar-refractivity contribution < 1.29 is 39.9 Å². The van der Waals surface area contributed by atoms with Gasteiger partial charge in [0, 0.05) is 29.0 Å². The molecule has 1 aromatic rings. The topological polar surface area (TPSA) is 185 Å². The summed E-state index contributed by atoms with van der Waals surface area (Å²) in [6.45, 7) is 6.11. The molecule has 0 saturated heterocycles. The second-order valence-electron chi connectivity index (χ2n) is 12.1. The first-order valence-corrected chi connectivity index (χ1v) is 12.7. The van der Waals surface area contributed by atoms with E-state index in [0.717, 1.165) is 0 Å². The summed E-state index contributed by atoms with van der Waals surface area (Å²) in [5.41, 5.74) is 1.50. The molecule has 0 bridgehead atoms. The molecule has 0 aromatic heterocycles. The normalized spacial score (nSPS) is 31.0. The number of nitrogens with two attached hydrogens (primary N) is 1. The van der Waals surface area contributed by atoms with Crippen molar-refractivity contribution in [1.82, 2.24) is 9.80 Å². The molecule has 7 N–H and O–H groups in total. The minimum absolute atomic E-state index is 0.00433. The zero-order valence-electron chi connectivity index (χ0n) is 23.2.